The van der Waals surface area contributed by atoms with E-state index < -0.39 is 0 Å². The lowest BCUT2D eigenvalue weighted by Crippen LogP contribution is -2.42. The zero-order valence-electron chi connectivity index (χ0n) is 13.0. The Bertz CT molecular complexity index is 613. The van der Waals surface area contributed by atoms with Crippen molar-refractivity contribution in [3.63, 3.8) is 0 Å². The predicted octanol–water partition coefficient (Wildman–Crippen LogP) is 2.33. The zero-order valence-corrected chi connectivity index (χ0v) is 13.0. The second-order valence-electron chi connectivity index (χ2n) is 5.77. The molecule has 2 atom stereocenters. The lowest BCUT2D eigenvalue weighted by molar-refractivity contribution is -0.135. The summed E-state index contributed by atoms with van der Waals surface area (Å²) >= 11 is 0. The Labute approximate surface area is 130 Å². The molecule has 3 rings (SSSR count). The van der Waals surface area contributed by atoms with Gasteiger partial charge in [-0.15, -0.1) is 0 Å². The number of furan rings is 1. The fraction of sp³-hybridized carbons (Fsp3) is 0.471. The molecular weight excluding hydrogens is 280 g/mol. The van der Waals surface area contributed by atoms with E-state index in [2.05, 4.69) is 5.32 Å². The number of rotatable bonds is 4. The molecule has 0 radical (unpaired) electrons. The van der Waals surface area contributed by atoms with Crippen LogP contribution in [-0.4, -0.2) is 43.7 Å². The van der Waals surface area contributed by atoms with Crippen molar-refractivity contribution in [3.8, 4) is 0 Å². The highest BCUT2D eigenvalue weighted by molar-refractivity contribution is 5.79. The van der Waals surface area contributed by atoms with Crippen LogP contribution in [0.5, 0.6) is 0 Å². The molecule has 5 heteroatoms. The molecular formula is C17H22N2O3. The number of carbonyl (C=O) groups is 1. The third-order valence-electron chi connectivity index (χ3n) is 4.24. The molecule has 1 N–H and O–H groups in total. The highest BCUT2D eigenvalue weighted by Gasteiger charge is 2.24. The summed E-state index contributed by atoms with van der Waals surface area (Å²) in [7, 11) is 1.82. The summed E-state index contributed by atoms with van der Waals surface area (Å²) < 4.78 is 11.5. The van der Waals surface area contributed by atoms with Crippen molar-refractivity contribution in [2.24, 2.45) is 0 Å². The van der Waals surface area contributed by atoms with Gasteiger partial charge < -0.3 is 19.4 Å². The van der Waals surface area contributed by atoms with Crippen LogP contribution in [-0.2, 0) is 9.53 Å². The molecule has 2 heterocycles. The van der Waals surface area contributed by atoms with Gasteiger partial charge >= 0.3 is 0 Å². The number of fused-ring (bicyclic) bond motifs is 1. The van der Waals surface area contributed by atoms with E-state index in [1.54, 1.807) is 4.90 Å². The van der Waals surface area contributed by atoms with E-state index in [-0.39, 0.29) is 18.1 Å². The van der Waals surface area contributed by atoms with Crippen LogP contribution in [0.25, 0.3) is 11.0 Å². The third-order valence-corrected chi connectivity index (χ3v) is 4.24. The molecule has 1 fully saturated rings. The first-order chi connectivity index (χ1) is 10.6. The van der Waals surface area contributed by atoms with E-state index in [0.717, 1.165) is 29.8 Å². The van der Waals surface area contributed by atoms with Crippen LogP contribution in [0, 0.1) is 0 Å². The summed E-state index contributed by atoms with van der Waals surface area (Å²) in [5.41, 5.74) is 0.852. The normalized spacial score (nSPS) is 20.0. The van der Waals surface area contributed by atoms with Crippen molar-refractivity contribution < 1.29 is 13.9 Å². The van der Waals surface area contributed by atoms with E-state index in [4.69, 9.17) is 9.15 Å². The van der Waals surface area contributed by atoms with Crippen LogP contribution in [0.2, 0.25) is 0 Å². The zero-order chi connectivity index (χ0) is 15.5. The SMILES string of the molecule is CC(c1cc2ccccc2o1)N(C)C(=O)CC1CNCCO1. The molecule has 1 saturated heterocycles. The van der Waals surface area contributed by atoms with Crippen molar-refractivity contribution in [1.29, 1.82) is 0 Å². The van der Waals surface area contributed by atoms with Crippen LogP contribution in [0.1, 0.15) is 25.1 Å². The predicted molar refractivity (Wildman–Crippen MR) is 84.6 cm³/mol. The summed E-state index contributed by atoms with van der Waals surface area (Å²) in [6.07, 6.45) is 0.361. The summed E-state index contributed by atoms with van der Waals surface area (Å²) in [4.78, 5) is 14.1. The molecule has 1 aliphatic rings. The maximum absolute atomic E-state index is 12.4. The fourth-order valence-corrected chi connectivity index (χ4v) is 2.70. The summed E-state index contributed by atoms with van der Waals surface area (Å²) in [6, 6.07) is 9.78. The van der Waals surface area contributed by atoms with Gasteiger partial charge in [0.1, 0.15) is 11.3 Å². The summed E-state index contributed by atoms with van der Waals surface area (Å²) in [6.45, 7) is 4.24. The third kappa shape index (κ3) is 3.15. The molecule has 1 aliphatic heterocycles. The van der Waals surface area contributed by atoms with Crippen LogP contribution in [0.4, 0.5) is 0 Å². The van der Waals surface area contributed by atoms with Crippen LogP contribution in [0.3, 0.4) is 0 Å². The number of amides is 1. The monoisotopic (exact) mass is 302 g/mol. The largest absolute Gasteiger partial charge is 0.459 e. The van der Waals surface area contributed by atoms with E-state index >= 15 is 0 Å². The smallest absolute Gasteiger partial charge is 0.225 e. The van der Waals surface area contributed by atoms with Gasteiger partial charge in [-0.05, 0) is 19.1 Å². The first kappa shape index (κ1) is 15.1. The van der Waals surface area contributed by atoms with Gasteiger partial charge in [0.25, 0.3) is 0 Å². The molecule has 1 amide bonds. The number of hydrogen-bond donors (Lipinski definition) is 1. The topological polar surface area (TPSA) is 54.7 Å². The molecule has 118 valence electrons. The first-order valence-electron chi connectivity index (χ1n) is 7.71. The Hall–Kier alpha value is -1.85. The van der Waals surface area contributed by atoms with E-state index in [1.165, 1.54) is 0 Å². The molecule has 0 aliphatic carbocycles. The van der Waals surface area contributed by atoms with E-state index in [1.807, 2.05) is 44.3 Å². The first-order valence-corrected chi connectivity index (χ1v) is 7.71. The van der Waals surface area contributed by atoms with E-state index in [0.29, 0.717) is 13.0 Å². The molecule has 0 bridgehead atoms. The number of carbonyl (C=O) groups excluding carboxylic acids is 1. The van der Waals surface area contributed by atoms with Crippen molar-refractivity contribution in [3.05, 3.63) is 36.1 Å². The standard InChI is InChI=1S/C17H22N2O3/c1-12(16-9-13-5-3-4-6-15(13)22-16)19(2)17(20)10-14-11-18-7-8-21-14/h3-6,9,12,14,18H,7-8,10-11H2,1-2H3. The molecule has 5 nitrogen and oxygen atoms in total. The Balaban J connectivity index is 1.67. The van der Waals surface area contributed by atoms with Crippen molar-refractivity contribution in [1.82, 2.24) is 10.2 Å². The van der Waals surface area contributed by atoms with Crippen molar-refractivity contribution in [2.75, 3.05) is 26.7 Å². The average molecular weight is 302 g/mol. The molecule has 2 aromatic rings. The van der Waals surface area contributed by atoms with Crippen molar-refractivity contribution in [2.45, 2.75) is 25.5 Å². The molecule has 1 aromatic heterocycles. The Morgan fingerprint density at radius 3 is 3.00 bits per heavy atom. The summed E-state index contributed by atoms with van der Waals surface area (Å²) in [5.74, 6) is 0.876. The maximum Gasteiger partial charge on any atom is 0.225 e. The highest BCUT2D eigenvalue weighted by atomic mass is 16.5. The number of morpholine rings is 1. The minimum Gasteiger partial charge on any atom is -0.459 e. The molecule has 0 saturated carbocycles. The van der Waals surface area contributed by atoms with Gasteiger partial charge in [-0.25, -0.2) is 0 Å². The highest BCUT2D eigenvalue weighted by Crippen LogP contribution is 2.27. The van der Waals surface area contributed by atoms with Crippen LogP contribution in [0.15, 0.2) is 34.7 Å². The molecule has 0 spiro atoms. The van der Waals surface area contributed by atoms with Crippen molar-refractivity contribution >= 4 is 16.9 Å². The molecule has 22 heavy (non-hydrogen) atoms. The van der Waals surface area contributed by atoms with Gasteiger partial charge in [-0.1, -0.05) is 18.2 Å². The van der Waals surface area contributed by atoms with Gasteiger partial charge in [0.2, 0.25) is 5.91 Å². The average Bonchev–Trinajstić information content (AvgIpc) is 2.98. The Morgan fingerprint density at radius 2 is 2.27 bits per heavy atom. The number of hydrogen-bond acceptors (Lipinski definition) is 4. The van der Waals surface area contributed by atoms with Gasteiger partial charge in [0.15, 0.2) is 0 Å². The number of nitrogens with one attached hydrogen (secondary N) is 1. The number of benzene rings is 1. The fourth-order valence-electron chi connectivity index (χ4n) is 2.70. The quantitative estimate of drug-likeness (QED) is 0.942. The van der Waals surface area contributed by atoms with E-state index in [9.17, 15) is 4.79 Å². The second-order valence-corrected chi connectivity index (χ2v) is 5.77. The second kappa shape index (κ2) is 6.50. The maximum atomic E-state index is 12.4. The summed E-state index contributed by atoms with van der Waals surface area (Å²) in [5, 5.41) is 4.30. The minimum absolute atomic E-state index is 0.0356. The van der Waals surface area contributed by atoms with Gasteiger partial charge in [-0.3, -0.25) is 4.79 Å². The minimum atomic E-state index is -0.101. The lowest BCUT2D eigenvalue weighted by Gasteiger charge is -2.28. The van der Waals surface area contributed by atoms with Gasteiger partial charge in [0, 0.05) is 25.5 Å². The Morgan fingerprint density at radius 1 is 1.45 bits per heavy atom. The molecule has 1 aromatic carbocycles. The number of nitrogens with zero attached hydrogens (tertiary/aromatic N) is 1. The number of para-hydroxylation sites is 1. The Kier molecular flexibility index (Phi) is 4.45. The van der Waals surface area contributed by atoms with Crippen LogP contribution < -0.4 is 5.32 Å². The van der Waals surface area contributed by atoms with Gasteiger partial charge in [0.05, 0.1) is 25.2 Å². The molecule has 2 unspecified atom stereocenters. The lowest BCUT2D eigenvalue weighted by atomic mass is 10.1. The van der Waals surface area contributed by atoms with Crippen LogP contribution >= 0.6 is 0 Å². The number of ether oxygens (including phenoxy) is 1. The van der Waals surface area contributed by atoms with Gasteiger partial charge in [-0.2, -0.15) is 0 Å².